The normalized spacial score (nSPS) is 30.5. The smallest absolute Gasteiger partial charge is 0.0105 e. The lowest BCUT2D eigenvalue weighted by molar-refractivity contribution is 0.473. The minimum atomic E-state index is 0.786. The van der Waals surface area contributed by atoms with Gasteiger partial charge in [-0.1, -0.05) is 43.3 Å². The Labute approximate surface area is 85.6 Å². The zero-order valence-electron chi connectivity index (χ0n) is 8.66. The minimum absolute atomic E-state index is 0.786. The monoisotopic (exact) mass is 184 g/mol. The summed E-state index contributed by atoms with van der Waals surface area (Å²) in [5, 5.41) is 0. The molecule has 0 saturated heterocycles. The van der Waals surface area contributed by atoms with E-state index in [1.54, 1.807) is 11.1 Å². The molecule has 0 heterocycles. The summed E-state index contributed by atoms with van der Waals surface area (Å²) in [6.07, 6.45) is 2.56. The molecule has 2 aliphatic rings. The molecule has 1 saturated carbocycles. The van der Waals surface area contributed by atoms with Gasteiger partial charge in [-0.05, 0) is 41.7 Å². The van der Waals surface area contributed by atoms with Gasteiger partial charge >= 0.3 is 0 Å². The fraction of sp³-hybridized carbons (Fsp3) is 0.429. The van der Waals surface area contributed by atoms with E-state index in [1.807, 2.05) is 0 Å². The van der Waals surface area contributed by atoms with Crippen molar-refractivity contribution < 1.29 is 0 Å². The Bertz CT molecular complexity index is 364. The quantitative estimate of drug-likeness (QED) is 0.588. The molecule has 2 unspecified atom stereocenters. The van der Waals surface area contributed by atoms with Gasteiger partial charge in [0, 0.05) is 0 Å². The maximum Gasteiger partial charge on any atom is -0.0105 e. The van der Waals surface area contributed by atoms with Crippen LogP contribution in [-0.2, 0) is 12.8 Å². The van der Waals surface area contributed by atoms with Crippen LogP contribution in [-0.4, -0.2) is 0 Å². The first kappa shape index (κ1) is 8.28. The van der Waals surface area contributed by atoms with Crippen LogP contribution in [0.4, 0.5) is 0 Å². The Kier molecular flexibility index (Phi) is 1.61. The van der Waals surface area contributed by atoms with Crippen LogP contribution in [0.2, 0.25) is 0 Å². The number of rotatable bonds is 1. The molecule has 0 bridgehead atoms. The lowest BCUT2D eigenvalue weighted by atomic mass is 9.99. The van der Waals surface area contributed by atoms with Crippen molar-refractivity contribution >= 4 is 0 Å². The van der Waals surface area contributed by atoms with Gasteiger partial charge in [-0.15, -0.1) is 0 Å². The van der Waals surface area contributed by atoms with Gasteiger partial charge in [0.1, 0.15) is 0 Å². The molecule has 1 aromatic rings. The number of hydrogen-bond donors (Lipinski definition) is 0. The summed E-state index contributed by atoms with van der Waals surface area (Å²) in [5.41, 5.74) is 4.64. The molecule has 3 rings (SSSR count). The van der Waals surface area contributed by atoms with E-state index in [9.17, 15) is 0 Å². The van der Waals surface area contributed by atoms with Gasteiger partial charge in [0.25, 0.3) is 0 Å². The molecule has 0 aliphatic heterocycles. The second-order valence-corrected chi connectivity index (χ2v) is 4.83. The van der Waals surface area contributed by atoms with Gasteiger partial charge in [0.15, 0.2) is 0 Å². The number of benzene rings is 1. The molecular formula is C14H16. The topological polar surface area (TPSA) is 0 Å². The molecule has 72 valence electrons. The van der Waals surface area contributed by atoms with Crippen LogP contribution < -0.4 is 0 Å². The lowest BCUT2D eigenvalue weighted by Crippen LogP contribution is -2.03. The van der Waals surface area contributed by atoms with Gasteiger partial charge in [0.2, 0.25) is 0 Å². The minimum Gasteiger partial charge on any atom is -0.0993 e. The van der Waals surface area contributed by atoms with E-state index in [-0.39, 0.29) is 0 Å². The summed E-state index contributed by atoms with van der Waals surface area (Å²) in [7, 11) is 0. The van der Waals surface area contributed by atoms with Crippen LogP contribution in [0.3, 0.4) is 0 Å². The van der Waals surface area contributed by atoms with Crippen LogP contribution in [0.15, 0.2) is 36.4 Å². The molecule has 1 aromatic carbocycles. The van der Waals surface area contributed by atoms with Gasteiger partial charge < -0.3 is 0 Å². The zero-order valence-corrected chi connectivity index (χ0v) is 8.66. The molecule has 0 heteroatoms. The van der Waals surface area contributed by atoms with Crippen molar-refractivity contribution in [3.8, 4) is 0 Å². The van der Waals surface area contributed by atoms with Crippen molar-refractivity contribution in [2.45, 2.75) is 19.8 Å². The van der Waals surface area contributed by atoms with E-state index in [0.29, 0.717) is 0 Å². The molecule has 2 atom stereocenters. The second-order valence-electron chi connectivity index (χ2n) is 4.83. The summed E-state index contributed by atoms with van der Waals surface area (Å²) in [5.74, 6) is 2.46. The molecular weight excluding hydrogens is 168 g/mol. The van der Waals surface area contributed by atoms with Gasteiger partial charge in [-0.2, -0.15) is 0 Å². The van der Waals surface area contributed by atoms with Crippen molar-refractivity contribution in [2.24, 2.45) is 17.8 Å². The Hall–Kier alpha value is -1.04. The number of fused-ring (bicyclic) bond motifs is 1. The Morgan fingerprint density at radius 3 is 2.07 bits per heavy atom. The zero-order chi connectivity index (χ0) is 9.71. The summed E-state index contributed by atoms with van der Waals surface area (Å²) in [6, 6.07) is 8.88. The Morgan fingerprint density at radius 1 is 1.14 bits per heavy atom. The van der Waals surface area contributed by atoms with Crippen LogP contribution in [0.25, 0.3) is 0 Å². The van der Waals surface area contributed by atoms with Crippen molar-refractivity contribution in [1.29, 1.82) is 0 Å². The Morgan fingerprint density at radius 2 is 1.64 bits per heavy atom. The van der Waals surface area contributed by atoms with E-state index < -0.39 is 0 Å². The fourth-order valence-electron chi connectivity index (χ4n) is 3.05. The third kappa shape index (κ3) is 1.06. The predicted molar refractivity (Wildman–Crippen MR) is 59.1 cm³/mol. The highest BCUT2D eigenvalue weighted by molar-refractivity contribution is 5.36. The molecule has 0 spiro atoms. The SMILES string of the molecule is C=C1C(C)C1C1Cc2ccccc2C1. The standard InChI is InChI=1S/C14H16/c1-9-10(2)14(9)13-7-11-5-3-4-6-12(11)8-13/h3-6,10,13-14H,1,7-8H2,2H3. The number of allylic oxidation sites excluding steroid dienone is 1. The third-order valence-electron chi connectivity index (χ3n) is 4.03. The molecule has 2 aliphatic carbocycles. The van der Waals surface area contributed by atoms with Gasteiger partial charge in [-0.3, -0.25) is 0 Å². The van der Waals surface area contributed by atoms with Crippen molar-refractivity contribution in [1.82, 2.24) is 0 Å². The first-order chi connectivity index (χ1) is 6.77. The fourth-order valence-corrected chi connectivity index (χ4v) is 3.05. The van der Waals surface area contributed by atoms with Crippen LogP contribution in [0.5, 0.6) is 0 Å². The van der Waals surface area contributed by atoms with E-state index in [2.05, 4.69) is 37.8 Å². The molecule has 0 amide bonds. The molecule has 0 nitrogen and oxygen atoms in total. The van der Waals surface area contributed by atoms with E-state index in [0.717, 1.165) is 17.8 Å². The van der Waals surface area contributed by atoms with Crippen LogP contribution in [0, 0.1) is 17.8 Å². The van der Waals surface area contributed by atoms with Crippen molar-refractivity contribution in [3.63, 3.8) is 0 Å². The lowest BCUT2D eigenvalue weighted by Gasteiger charge is -2.05. The van der Waals surface area contributed by atoms with E-state index in [4.69, 9.17) is 0 Å². The summed E-state index contributed by atoms with van der Waals surface area (Å²) < 4.78 is 0. The van der Waals surface area contributed by atoms with Crippen LogP contribution >= 0.6 is 0 Å². The maximum absolute atomic E-state index is 4.14. The average molecular weight is 184 g/mol. The highest BCUT2D eigenvalue weighted by Gasteiger charge is 2.45. The van der Waals surface area contributed by atoms with Gasteiger partial charge in [0.05, 0.1) is 0 Å². The molecule has 0 N–H and O–H groups in total. The second kappa shape index (κ2) is 2.73. The van der Waals surface area contributed by atoms with Crippen molar-refractivity contribution in [2.75, 3.05) is 0 Å². The van der Waals surface area contributed by atoms with E-state index in [1.165, 1.54) is 18.4 Å². The predicted octanol–water partition coefficient (Wildman–Crippen LogP) is 3.22. The summed E-state index contributed by atoms with van der Waals surface area (Å²) >= 11 is 0. The number of hydrogen-bond acceptors (Lipinski definition) is 0. The van der Waals surface area contributed by atoms with E-state index >= 15 is 0 Å². The molecule has 14 heavy (non-hydrogen) atoms. The first-order valence-corrected chi connectivity index (χ1v) is 5.53. The van der Waals surface area contributed by atoms with Gasteiger partial charge in [-0.25, -0.2) is 0 Å². The summed E-state index contributed by atoms with van der Waals surface area (Å²) in [6.45, 7) is 6.45. The maximum atomic E-state index is 4.14. The molecule has 0 aromatic heterocycles. The highest BCUT2D eigenvalue weighted by Crippen LogP contribution is 2.52. The third-order valence-corrected chi connectivity index (χ3v) is 4.03. The molecule has 1 fully saturated rings. The average Bonchev–Trinajstić information content (AvgIpc) is 2.66. The van der Waals surface area contributed by atoms with Crippen molar-refractivity contribution in [3.05, 3.63) is 47.5 Å². The molecule has 0 radical (unpaired) electrons. The van der Waals surface area contributed by atoms with Crippen LogP contribution in [0.1, 0.15) is 18.1 Å². The first-order valence-electron chi connectivity index (χ1n) is 5.53. The summed E-state index contributed by atoms with van der Waals surface area (Å²) in [4.78, 5) is 0. The Balaban J connectivity index is 1.83. The highest BCUT2D eigenvalue weighted by atomic mass is 14.5. The largest absolute Gasteiger partial charge is 0.0993 e.